The van der Waals surface area contributed by atoms with Crippen molar-refractivity contribution in [2.75, 3.05) is 23.4 Å². The van der Waals surface area contributed by atoms with Crippen LogP contribution in [0.5, 0.6) is 0 Å². The quantitative estimate of drug-likeness (QED) is 0.528. The average Bonchev–Trinajstić information content (AvgIpc) is 2.91. The summed E-state index contributed by atoms with van der Waals surface area (Å²) < 4.78 is 5.13. The molecule has 4 rings (SSSR count). The molecule has 0 fully saturated rings. The van der Waals surface area contributed by atoms with E-state index in [0.717, 1.165) is 20.9 Å². The molecule has 3 aromatic rings. The van der Waals surface area contributed by atoms with Gasteiger partial charge in [-0.25, -0.2) is 4.79 Å². The number of carbonyl (C=O) groups excluding carboxylic acids is 3. The normalized spacial score (nSPS) is 12.5. The van der Waals surface area contributed by atoms with E-state index < -0.39 is 5.97 Å². The van der Waals surface area contributed by atoms with Crippen molar-refractivity contribution in [2.24, 2.45) is 0 Å². The van der Waals surface area contributed by atoms with E-state index >= 15 is 0 Å². The highest BCUT2D eigenvalue weighted by Crippen LogP contribution is 2.41. The Hall–Kier alpha value is -3.58. The Morgan fingerprint density at radius 2 is 1.79 bits per heavy atom. The maximum absolute atomic E-state index is 13.5. The zero-order chi connectivity index (χ0) is 23.5. The standard InChI is InChI=1S/C26H24N2O4S/c1-4-32-26(31)18-12-13-23-21(14-18)28(25(30)19-9-5-6-11-22(19)33-23)15-24(29)27-20-10-7-8-16(2)17(20)3/h5-14H,4,15H2,1-3H3,(H,27,29). The molecule has 0 radical (unpaired) electrons. The predicted molar refractivity (Wildman–Crippen MR) is 129 cm³/mol. The molecule has 1 N–H and O–H groups in total. The summed E-state index contributed by atoms with van der Waals surface area (Å²) in [5.41, 5.74) is 4.08. The van der Waals surface area contributed by atoms with E-state index in [1.165, 1.54) is 16.7 Å². The number of hydrogen-bond acceptors (Lipinski definition) is 5. The van der Waals surface area contributed by atoms with Crippen LogP contribution in [0.3, 0.4) is 0 Å². The van der Waals surface area contributed by atoms with Crippen molar-refractivity contribution in [2.45, 2.75) is 30.6 Å². The third kappa shape index (κ3) is 4.64. The number of esters is 1. The van der Waals surface area contributed by atoms with Crippen LogP contribution in [0, 0.1) is 13.8 Å². The molecule has 0 atom stereocenters. The number of amides is 2. The molecule has 1 aliphatic heterocycles. The third-order valence-corrected chi connectivity index (χ3v) is 6.66. The number of anilines is 2. The molecule has 1 aliphatic rings. The summed E-state index contributed by atoms with van der Waals surface area (Å²) in [5.74, 6) is -1.10. The van der Waals surface area contributed by atoms with E-state index in [1.54, 1.807) is 37.3 Å². The molecule has 0 bridgehead atoms. The second kappa shape index (κ2) is 9.50. The molecule has 0 saturated heterocycles. The number of ether oxygens (including phenoxy) is 1. The molecule has 0 unspecified atom stereocenters. The van der Waals surface area contributed by atoms with Crippen LogP contribution in [0.2, 0.25) is 0 Å². The number of fused-ring (bicyclic) bond motifs is 2. The van der Waals surface area contributed by atoms with Crippen molar-refractivity contribution in [1.29, 1.82) is 0 Å². The van der Waals surface area contributed by atoms with Gasteiger partial charge in [-0.1, -0.05) is 36.0 Å². The largest absolute Gasteiger partial charge is 0.462 e. The zero-order valence-corrected chi connectivity index (χ0v) is 19.5. The number of carbonyl (C=O) groups is 3. The van der Waals surface area contributed by atoms with Crippen LogP contribution in [0.4, 0.5) is 11.4 Å². The first-order valence-electron chi connectivity index (χ1n) is 10.6. The van der Waals surface area contributed by atoms with Gasteiger partial charge in [0.2, 0.25) is 5.91 Å². The van der Waals surface area contributed by atoms with Crippen molar-refractivity contribution < 1.29 is 19.1 Å². The van der Waals surface area contributed by atoms with Crippen molar-refractivity contribution in [1.82, 2.24) is 0 Å². The number of hydrogen-bond donors (Lipinski definition) is 1. The van der Waals surface area contributed by atoms with E-state index in [2.05, 4.69) is 5.32 Å². The minimum Gasteiger partial charge on any atom is -0.462 e. The SMILES string of the molecule is CCOC(=O)c1ccc2c(c1)N(CC(=O)Nc1cccc(C)c1C)C(=O)c1ccccc1S2. The molecule has 0 spiro atoms. The Labute approximate surface area is 196 Å². The van der Waals surface area contributed by atoms with E-state index in [1.807, 2.05) is 44.2 Å². The molecule has 1 heterocycles. The summed E-state index contributed by atoms with van der Waals surface area (Å²) in [6.07, 6.45) is 0. The first-order valence-corrected chi connectivity index (χ1v) is 11.5. The van der Waals surface area contributed by atoms with E-state index in [4.69, 9.17) is 4.74 Å². The van der Waals surface area contributed by atoms with Gasteiger partial charge in [0.1, 0.15) is 6.54 Å². The van der Waals surface area contributed by atoms with Gasteiger partial charge < -0.3 is 10.1 Å². The maximum Gasteiger partial charge on any atom is 0.338 e. The van der Waals surface area contributed by atoms with Crippen molar-refractivity contribution >= 4 is 40.9 Å². The third-order valence-electron chi connectivity index (χ3n) is 5.52. The van der Waals surface area contributed by atoms with Gasteiger partial charge in [0.25, 0.3) is 5.91 Å². The van der Waals surface area contributed by atoms with Crippen molar-refractivity contribution in [3.8, 4) is 0 Å². The number of nitrogens with one attached hydrogen (secondary N) is 1. The molecule has 7 heteroatoms. The topological polar surface area (TPSA) is 75.7 Å². The number of benzene rings is 3. The highest BCUT2D eigenvalue weighted by Gasteiger charge is 2.29. The number of rotatable bonds is 5. The van der Waals surface area contributed by atoms with Crippen LogP contribution >= 0.6 is 11.8 Å². The number of aryl methyl sites for hydroxylation is 1. The summed E-state index contributed by atoms with van der Waals surface area (Å²) >= 11 is 1.43. The lowest BCUT2D eigenvalue weighted by atomic mass is 10.1. The highest BCUT2D eigenvalue weighted by atomic mass is 32.2. The van der Waals surface area contributed by atoms with Gasteiger partial charge >= 0.3 is 5.97 Å². The molecule has 0 saturated carbocycles. The van der Waals surface area contributed by atoms with E-state index in [0.29, 0.717) is 22.5 Å². The minimum absolute atomic E-state index is 0.194. The molecular weight excluding hydrogens is 436 g/mol. The lowest BCUT2D eigenvalue weighted by Gasteiger charge is -2.23. The first-order chi connectivity index (χ1) is 15.9. The Morgan fingerprint density at radius 1 is 1.00 bits per heavy atom. The van der Waals surface area contributed by atoms with E-state index in [-0.39, 0.29) is 25.0 Å². The van der Waals surface area contributed by atoms with Crippen LogP contribution in [0.1, 0.15) is 38.8 Å². The number of nitrogens with zero attached hydrogens (tertiary/aromatic N) is 1. The Balaban J connectivity index is 1.72. The highest BCUT2D eigenvalue weighted by molar-refractivity contribution is 7.99. The van der Waals surface area contributed by atoms with Gasteiger partial charge in [-0.3, -0.25) is 14.5 Å². The van der Waals surface area contributed by atoms with Gasteiger partial charge in [-0.2, -0.15) is 0 Å². The molecule has 3 aromatic carbocycles. The zero-order valence-electron chi connectivity index (χ0n) is 18.7. The van der Waals surface area contributed by atoms with Gasteiger partial charge in [0, 0.05) is 15.5 Å². The summed E-state index contributed by atoms with van der Waals surface area (Å²) in [5, 5.41) is 2.92. The summed E-state index contributed by atoms with van der Waals surface area (Å²) in [4.78, 5) is 41.9. The van der Waals surface area contributed by atoms with Crippen LogP contribution < -0.4 is 10.2 Å². The van der Waals surface area contributed by atoms with Gasteiger partial charge in [0.05, 0.1) is 23.4 Å². The fourth-order valence-electron chi connectivity index (χ4n) is 3.64. The Morgan fingerprint density at radius 3 is 2.58 bits per heavy atom. The van der Waals surface area contributed by atoms with Crippen LogP contribution in [0.15, 0.2) is 70.5 Å². The molecular formula is C26H24N2O4S. The lowest BCUT2D eigenvalue weighted by Crippen LogP contribution is -2.38. The van der Waals surface area contributed by atoms with E-state index in [9.17, 15) is 14.4 Å². The van der Waals surface area contributed by atoms with Crippen LogP contribution in [-0.2, 0) is 9.53 Å². The molecule has 0 aromatic heterocycles. The average molecular weight is 461 g/mol. The Bertz CT molecular complexity index is 1250. The van der Waals surface area contributed by atoms with Crippen LogP contribution in [0.25, 0.3) is 0 Å². The lowest BCUT2D eigenvalue weighted by molar-refractivity contribution is -0.114. The molecule has 2 amide bonds. The molecule has 0 aliphatic carbocycles. The van der Waals surface area contributed by atoms with Gasteiger partial charge in [0.15, 0.2) is 0 Å². The smallest absolute Gasteiger partial charge is 0.338 e. The Kier molecular flexibility index (Phi) is 6.51. The van der Waals surface area contributed by atoms with Gasteiger partial charge in [-0.15, -0.1) is 0 Å². The summed E-state index contributed by atoms with van der Waals surface area (Å²) in [6.45, 7) is 5.71. The van der Waals surface area contributed by atoms with Gasteiger partial charge in [-0.05, 0) is 68.3 Å². The fourth-order valence-corrected chi connectivity index (χ4v) is 4.70. The monoisotopic (exact) mass is 460 g/mol. The molecule has 168 valence electrons. The predicted octanol–water partition coefficient (Wildman–Crippen LogP) is 5.23. The second-order valence-electron chi connectivity index (χ2n) is 7.69. The maximum atomic E-state index is 13.5. The second-order valence-corrected chi connectivity index (χ2v) is 8.77. The minimum atomic E-state index is -0.473. The van der Waals surface area contributed by atoms with Crippen molar-refractivity contribution in [3.63, 3.8) is 0 Å². The molecule has 6 nitrogen and oxygen atoms in total. The first kappa shape index (κ1) is 22.6. The summed E-state index contributed by atoms with van der Waals surface area (Å²) in [7, 11) is 0. The van der Waals surface area contributed by atoms with Crippen LogP contribution in [-0.4, -0.2) is 30.9 Å². The molecule has 33 heavy (non-hydrogen) atoms. The summed E-state index contributed by atoms with van der Waals surface area (Å²) in [6, 6.07) is 18.1. The fraction of sp³-hybridized carbons (Fsp3) is 0.192. The van der Waals surface area contributed by atoms with Crippen molar-refractivity contribution in [3.05, 3.63) is 82.9 Å².